The molecule has 1 aromatic rings. The monoisotopic (exact) mass is 398 g/mol. The van der Waals surface area contributed by atoms with Gasteiger partial charge >= 0.3 is 0 Å². The van der Waals surface area contributed by atoms with E-state index in [1.165, 1.54) is 18.2 Å². The average molecular weight is 399 g/mol. The Kier molecular flexibility index (Phi) is 6.49. The molecular weight excluding hydrogens is 382 g/mol. The zero-order valence-corrected chi connectivity index (χ0v) is 13.6. The number of carbonyl (C=O) groups is 1. The van der Waals surface area contributed by atoms with E-state index in [0.29, 0.717) is 15.1 Å². The highest BCUT2D eigenvalue weighted by Gasteiger charge is 2.23. The number of carbonyl (C=O) groups excluding carboxylic acids is 1. The maximum Gasteiger partial charge on any atom is 0.252 e. The second kappa shape index (κ2) is 7.40. The molecule has 1 aliphatic rings. The number of piperidine rings is 1. The van der Waals surface area contributed by atoms with E-state index >= 15 is 0 Å². The average Bonchev–Trinajstić information content (AvgIpc) is 2.32. The molecule has 2 unspecified atom stereocenters. The van der Waals surface area contributed by atoms with Crippen molar-refractivity contribution in [2.45, 2.75) is 19.4 Å². The SMILES string of the molecule is CC1CNCCC1NC(=O)c1ccc(F)cc1I.Cl. The number of hydrogen-bond acceptors (Lipinski definition) is 2. The fourth-order valence-electron chi connectivity index (χ4n) is 2.15. The minimum absolute atomic E-state index is 0. The van der Waals surface area contributed by atoms with Crippen molar-refractivity contribution < 1.29 is 9.18 Å². The van der Waals surface area contributed by atoms with Crippen LogP contribution in [0.3, 0.4) is 0 Å². The molecule has 19 heavy (non-hydrogen) atoms. The number of rotatable bonds is 2. The van der Waals surface area contributed by atoms with Crippen molar-refractivity contribution in [3.63, 3.8) is 0 Å². The van der Waals surface area contributed by atoms with Gasteiger partial charge in [-0.05, 0) is 66.2 Å². The molecule has 1 amide bonds. The number of nitrogens with one attached hydrogen (secondary N) is 2. The Morgan fingerprint density at radius 3 is 2.89 bits per heavy atom. The van der Waals surface area contributed by atoms with Crippen LogP contribution in [0.15, 0.2) is 18.2 Å². The third kappa shape index (κ3) is 4.29. The van der Waals surface area contributed by atoms with Gasteiger partial charge in [0.05, 0.1) is 5.56 Å². The van der Waals surface area contributed by atoms with E-state index in [-0.39, 0.29) is 30.2 Å². The van der Waals surface area contributed by atoms with Gasteiger partial charge in [0.15, 0.2) is 0 Å². The number of halogens is 3. The summed E-state index contributed by atoms with van der Waals surface area (Å²) in [6, 6.07) is 4.43. The molecule has 2 rings (SSSR count). The van der Waals surface area contributed by atoms with Gasteiger partial charge in [-0.25, -0.2) is 4.39 Å². The lowest BCUT2D eigenvalue weighted by Crippen LogP contribution is -2.48. The van der Waals surface area contributed by atoms with Crippen molar-refractivity contribution in [1.82, 2.24) is 10.6 Å². The van der Waals surface area contributed by atoms with Crippen molar-refractivity contribution >= 4 is 40.9 Å². The van der Waals surface area contributed by atoms with Gasteiger partial charge in [-0.15, -0.1) is 12.4 Å². The summed E-state index contributed by atoms with van der Waals surface area (Å²) >= 11 is 1.99. The quantitative estimate of drug-likeness (QED) is 0.752. The van der Waals surface area contributed by atoms with Crippen LogP contribution in [-0.2, 0) is 0 Å². The predicted octanol–water partition coefficient (Wildman–Crippen LogP) is 2.58. The molecule has 0 aliphatic carbocycles. The maximum absolute atomic E-state index is 13.0. The molecule has 3 nitrogen and oxygen atoms in total. The zero-order valence-electron chi connectivity index (χ0n) is 10.6. The molecule has 1 fully saturated rings. The third-order valence-electron chi connectivity index (χ3n) is 3.28. The van der Waals surface area contributed by atoms with Crippen LogP contribution in [0.2, 0.25) is 0 Å². The Labute approximate surface area is 132 Å². The van der Waals surface area contributed by atoms with Crippen LogP contribution in [-0.4, -0.2) is 25.0 Å². The molecule has 0 radical (unpaired) electrons. The van der Waals surface area contributed by atoms with Crippen LogP contribution in [0, 0.1) is 15.3 Å². The van der Waals surface area contributed by atoms with Gasteiger partial charge in [0.2, 0.25) is 0 Å². The van der Waals surface area contributed by atoms with Gasteiger partial charge in [-0.2, -0.15) is 0 Å². The molecule has 1 saturated heterocycles. The molecule has 0 bridgehead atoms. The van der Waals surface area contributed by atoms with E-state index in [0.717, 1.165) is 19.5 Å². The first kappa shape index (κ1) is 16.7. The van der Waals surface area contributed by atoms with E-state index in [9.17, 15) is 9.18 Å². The summed E-state index contributed by atoms with van der Waals surface area (Å²) in [5, 5.41) is 6.33. The van der Waals surface area contributed by atoms with E-state index in [4.69, 9.17) is 0 Å². The molecule has 2 N–H and O–H groups in total. The van der Waals surface area contributed by atoms with Gasteiger partial charge in [-0.3, -0.25) is 4.79 Å². The molecular formula is C13H17ClFIN2O. The van der Waals surface area contributed by atoms with Gasteiger partial charge < -0.3 is 10.6 Å². The highest BCUT2D eigenvalue weighted by Crippen LogP contribution is 2.16. The Balaban J connectivity index is 0.00000180. The van der Waals surface area contributed by atoms with Crippen LogP contribution >= 0.6 is 35.0 Å². The van der Waals surface area contributed by atoms with Crippen LogP contribution in [0.1, 0.15) is 23.7 Å². The molecule has 6 heteroatoms. The van der Waals surface area contributed by atoms with E-state index < -0.39 is 0 Å². The summed E-state index contributed by atoms with van der Waals surface area (Å²) in [7, 11) is 0. The van der Waals surface area contributed by atoms with Crippen molar-refractivity contribution in [3.8, 4) is 0 Å². The lowest BCUT2D eigenvalue weighted by molar-refractivity contribution is 0.0913. The second-order valence-corrected chi connectivity index (χ2v) is 5.84. The van der Waals surface area contributed by atoms with E-state index in [2.05, 4.69) is 17.6 Å². The van der Waals surface area contributed by atoms with Crippen LogP contribution in [0.5, 0.6) is 0 Å². The number of benzene rings is 1. The van der Waals surface area contributed by atoms with E-state index in [1.807, 2.05) is 22.6 Å². The molecule has 2 atom stereocenters. The van der Waals surface area contributed by atoms with E-state index in [1.54, 1.807) is 0 Å². The highest BCUT2D eigenvalue weighted by atomic mass is 127. The molecule has 1 heterocycles. The fourth-order valence-corrected chi connectivity index (χ4v) is 2.87. The summed E-state index contributed by atoms with van der Waals surface area (Å²) in [6.07, 6.45) is 0.935. The smallest absolute Gasteiger partial charge is 0.252 e. The Morgan fingerprint density at radius 1 is 1.53 bits per heavy atom. The minimum atomic E-state index is -0.314. The summed E-state index contributed by atoms with van der Waals surface area (Å²) in [6.45, 7) is 3.97. The van der Waals surface area contributed by atoms with Crippen LogP contribution < -0.4 is 10.6 Å². The first-order valence-corrected chi connectivity index (χ1v) is 7.12. The highest BCUT2D eigenvalue weighted by molar-refractivity contribution is 14.1. The number of amides is 1. The Morgan fingerprint density at radius 2 is 2.26 bits per heavy atom. The summed E-state index contributed by atoms with van der Waals surface area (Å²) in [4.78, 5) is 12.1. The normalized spacial score (nSPS) is 22.5. The first-order valence-electron chi connectivity index (χ1n) is 6.04. The Hall–Kier alpha value is -0.400. The molecule has 0 aromatic heterocycles. The third-order valence-corrected chi connectivity index (χ3v) is 4.17. The molecule has 0 saturated carbocycles. The molecule has 1 aromatic carbocycles. The van der Waals surface area contributed by atoms with Gasteiger partial charge in [0.1, 0.15) is 5.82 Å². The first-order chi connectivity index (χ1) is 8.58. The standard InChI is InChI=1S/C13H16FIN2O.ClH/c1-8-7-16-5-4-12(8)17-13(18)10-3-2-9(14)6-11(10)15;/h2-3,6,8,12,16H,4-5,7H2,1H3,(H,17,18);1H. The van der Waals surface area contributed by atoms with Crippen LogP contribution in [0.25, 0.3) is 0 Å². The van der Waals surface area contributed by atoms with Crippen molar-refractivity contribution in [2.75, 3.05) is 13.1 Å². The van der Waals surface area contributed by atoms with Crippen molar-refractivity contribution in [2.24, 2.45) is 5.92 Å². The largest absolute Gasteiger partial charge is 0.349 e. The van der Waals surface area contributed by atoms with Crippen LogP contribution in [0.4, 0.5) is 4.39 Å². The predicted molar refractivity (Wildman–Crippen MR) is 84.3 cm³/mol. The summed E-state index contributed by atoms with van der Waals surface area (Å²) < 4.78 is 13.6. The zero-order chi connectivity index (χ0) is 13.1. The fraction of sp³-hybridized carbons (Fsp3) is 0.462. The molecule has 1 aliphatic heterocycles. The summed E-state index contributed by atoms with van der Waals surface area (Å²) in [5.41, 5.74) is 0.544. The topological polar surface area (TPSA) is 41.1 Å². The summed E-state index contributed by atoms with van der Waals surface area (Å²) in [5.74, 6) is -0.00913. The lowest BCUT2D eigenvalue weighted by atomic mass is 9.95. The second-order valence-electron chi connectivity index (χ2n) is 4.67. The van der Waals surface area contributed by atoms with Gasteiger partial charge in [0.25, 0.3) is 5.91 Å². The number of hydrogen-bond donors (Lipinski definition) is 2. The van der Waals surface area contributed by atoms with Crippen molar-refractivity contribution in [3.05, 3.63) is 33.1 Å². The molecule has 106 valence electrons. The van der Waals surface area contributed by atoms with Gasteiger partial charge in [-0.1, -0.05) is 6.92 Å². The lowest BCUT2D eigenvalue weighted by Gasteiger charge is -2.30. The molecule has 0 spiro atoms. The van der Waals surface area contributed by atoms with Crippen molar-refractivity contribution in [1.29, 1.82) is 0 Å². The maximum atomic E-state index is 13.0. The van der Waals surface area contributed by atoms with Gasteiger partial charge in [0, 0.05) is 9.61 Å². The minimum Gasteiger partial charge on any atom is -0.349 e. The Bertz CT molecular complexity index is 458.